The summed E-state index contributed by atoms with van der Waals surface area (Å²) in [5.74, 6) is 2.48. The van der Waals surface area contributed by atoms with Gasteiger partial charge in [0.25, 0.3) is 0 Å². The Morgan fingerprint density at radius 1 is 1.78 bits per heavy atom. The molecule has 2 heteroatoms. The fraction of sp³-hybridized carbons (Fsp3) is 0.571. The third-order valence-electron chi connectivity index (χ3n) is 1.06. The van der Waals surface area contributed by atoms with E-state index in [2.05, 4.69) is 5.92 Å². The average molecular weight is 125 g/mol. The first-order valence-electron chi connectivity index (χ1n) is 2.89. The molecule has 2 nitrogen and oxygen atoms in total. The zero-order valence-electron chi connectivity index (χ0n) is 5.85. The normalized spacial score (nSPS) is 8.11. The first-order valence-corrected chi connectivity index (χ1v) is 2.89. The second-order valence-electron chi connectivity index (χ2n) is 1.81. The molecule has 0 aliphatic carbocycles. The number of hydrogen-bond donors (Lipinski definition) is 0. The average Bonchev–Trinajstić information content (AvgIpc) is 1.87. The van der Waals surface area contributed by atoms with Crippen LogP contribution in [0.4, 0.5) is 0 Å². The molecule has 0 heterocycles. The molecule has 0 aromatic carbocycles. The SMILES string of the molecule is C#CCN(C)C(=O)CC. The molecule has 0 bridgehead atoms. The van der Waals surface area contributed by atoms with Crippen LogP contribution < -0.4 is 0 Å². The van der Waals surface area contributed by atoms with Crippen LogP contribution in [-0.2, 0) is 4.79 Å². The van der Waals surface area contributed by atoms with Gasteiger partial charge < -0.3 is 4.90 Å². The first kappa shape index (κ1) is 8.03. The highest BCUT2D eigenvalue weighted by atomic mass is 16.2. The zero-order valence-corrected chi connectivity index (χ0v) is 5.85. The highest BCUT2D eigenvalue weighted by Crippen LogP contribution is 1.86. The highest BCUT2D eigenvalue weighted by Gasteiger charge is 2.01. The number of amides is 1. The summed E-state index contributed by atoms with van der Waals surface area (Å²) in [6, 6.07) is 0. The van der Waals surface area contributed by atoms with E-state index in [1.165, 1.54) is 4.90 Å². The van der Waals surface area contributed by atoms with Gasteiger partial charge in [-0.15, -0.1) is 6.42 Å². The van der Waals surface area contributed by atoms with Crippen molar-refractivity contribution in [3.05, 3.63) is 0 Å². The zero-order chi connectivity index (χ0) is 7.28. The van der Waals surface area contributed by atoms with Crippen molar-refractivity contribution < 1.29 is 4.79 Å². The van der Waals surface area contributed by atoms with E-state index in [0.717, 1.165) is 0 Å². The van der Waals surface area contributed by atoms with Crippen molar-refractivity contribution >= 4 is 5.91 Å². The van der Waals surface area contributed by atoms with Crippen molar-refractivity contribution in [3.8, 4) is 12.3 Å². The predicted octanol–water partition coefficient (Wildman–Crippen LogP) is 0.488. The fourth-order valence-corrected chi connectivity index (χ4v) is 0.495. The van der Waals surface area contributed by atoms with Gasteiger partial charge in [-0.25, -0.2) is 0 Å². The second kappa shape index (κ2) is 3.96. The van der Waals surface area contributed by atoms with E-state index in [4.69, 9.17) is 6.42 Å². The Hall–Kier alpha value is -0.970. The van der Waals surface area contributed by atoms with Gasteiger partial charge in [-0.3, -0.25) is 4.79 Å². The summed E-state index contributed by atoms with van der Waals surface area (Å²) >= 11 is 0. The van der Waals surface area contributed by atoms with Gasteiger partial charge in [-0.05, 0) is 0 Å². The lowest BCUT2D eigenvalue weighted by molar-refractivity contribution is -0.128. The van der Waals surface area contributed by atoms with E-state index in [-0.39, 0.29) is 5.91 Å². The van der Waals surface area contributed by atoms with Crippen molar-refractivity contribution in [3.63, 3.8) is 0 Å². The van der Waals surface area contributed by atoms with E-state index in [0.29, 0.717) is 13.0 Å². The minimum absolute atomic E-state index is 0.0907. The molecule has 0 aromatic heterocycles. The third-order valence-corrected chi connectivity index (χ3v) is 1.06. The van der Waals surface area contributed by atoms with E-state index in [9.17, 15) is 4.79 Å². The molecule has 0 rings (SSSR count). The van der Waals surface area contributed by atoms with Crippen LogP contribution in [0.15, 0.2) is 0 Å². The van der Waals surface area contributed by atoms with Crippen molar-refractivity contribution in [2.45, 2.75) is 13.3 Å². The molecule has 0 saturated carbocycles. The molecule has 9 heavy (non-hydrogen) atoms. The van der Waals surface area contributed by atoms with E-state index >= 15 is 0 Å². The van der Waals surface area contributed by atoms with Gasteiger partial charge in [0.05, 0.1) is 6.54 Å². The minimum Gasteiger partial charge on any atom is -0.335 e. The van der Waals surface area contributed by atoms with Gasteiger partial charge in [0.1, 0.15) is 0 Å². The van der Waals surface area contributed by atoms with Crippen molar-refractivity contribution in [1.82, 2.24) is 4.90 Å². The molecule has 0 aromatic rings. The molecule has 0 radical (unpaired) electrons. The van der Waals surface area contributed by atoms with Gasteiger partial charge in [0.15, 0.2) is 0 Å². The van der Waals surface area contributed by atoms with E-state index in [1.54, 1.807) is 7.05 Å². The molecular weight excluding hydrogens is 114 g/mol. The van der Waals surface area contributed by atoms with Crippen molar-refractivity contribution in [2.24, 2.45) is 0 Å². The standard InChI is InChI=1S/C7H11NO/c1-4-6-8(3)7(9)5-2/h1H,5-6H2,2-3H3. The minimum atomic E-state index is 0.0907. The Morgan fingerprint density at radius 3 is 2.67 bits per heavy atom. The first-order chi connectivity index (χ1) is 4.22. The molecule has 0 fully saturated rings. The smallest absolute Gasteiger partial charge is 0.222 e. The number of rotatable bonds is 2. The predicted molar refractivity (Wildman–Crippen MR) is 36.8 cm³/mol. The molecule has 0 atom stereocenters. The maximum atomic E-state index is 10.7. The Labute approximate surface area is 55.8 Å². The van der Waals surface area contributed by atoms with Crippen molar-refractivity contribution in [2.75, 3.05) is 13.6 Å². The molecule has 1 amide bonds. The topological polar surface area (TPSA) is 20.3 Å². The van der Waals surface area contributed by atoms with Crippen LogP contribution in [0, 0.1) is 12.3 Å². The Morgan fingerprint density at radius 2 is 2.33 bits per heavy atom. The lowest BCUT2D eigenvalue weighted by atomic mass is 10.4. The van der Waals surface area contributed by atoms with Crippen molar-refractivity contribution in [1.29, 1.82) is 0 Å². The van der Waals surface area contributed by atoms with Crippen LogP contribution in [0.5, 0.6) is 0 Å². The summed E-state index contributed by atoms with van der Waals surface area (Å²) in [4.78, 5) is 12.3. The van der Waals surface area contributed by atoms with Gasteiger partial charge in [-0.2, -0.15) is 0 Å². The molecule has 0 aliphatic rings. The molecular formula is C7H11NO. The lowest BCUT2D eigenvalue weighted by Crippen LogP contribution is -2.25. The number of hydrogen-bond acceptors (Lipinski definition) is 1. The molecule has 0 unspecified atom stereocenters. The largest absolute Gasteiger partial charge is 0.335 e. The monoisotopic (exact) mass is 125 g/mol. The number of carbonyl (C=O) groups excluding carboxylic acids is 1. The number of carbonyl (C=O) groups is 1. The summed E-state index contributed by atoms with van der Waals surface area (Å²) < 4.78 is 0. The Bertz CT molecular complexity index is 134. The lowest BCUT2D eigenvalue weighted by Gasteiger charge is -2.10. The summed E-state index contributed by atoms with van der Waals surface area (Å²) in [7, 11) is 1.70. The van der Waals surface area contributed by atoms with Gasteiger partial charge in [-0.1, -0.05) is 12.8 Å². The van der Waals surface area contributed by atoms with Crippen LogP contribution in [0.3, 0.4) is 0 Å². The number of nitrogens with zero attached hydrogens (tertiary/aromatic N) is 1. The third kappa shape index (κ3) is 2.76. The molecule has 0 spiro atoms. The summed E-state index contributed by atoms with van der Waals surface area (Å²) in [5.41, 5.74) is 0. The summed E-state index contributed by atoms with van der Waals surface area (Å²) in [6.45, 7) is 2.22. The van der Waals surface area contributed by atoms with Crippen LogP contribution in [0.25, 0.3) is 0 Å². The quantitative estimate of drug-likeness (QED) is 0.492. The molecule has 0 saturated heterocycles. The molecule has 0 N–H and O–H groups in total. The second-order valence-corrected chi connectivity index (χ2v) is 1.81. The van der Waals surface area contributed by atoms with Gasteiger partial charge in [0.2, 0.25) is 5.91 Å². The van der Waals surface area contributed by atoms with Crippen LogP contribution in [0.1, 0.15) is 13.3 Å². The number of terminal acetylenes is 1. The Balaban J connectivity index is 3.62. The molecule has 0 aliphatic heterocycles. The Kier molecular flexibility index (Phi) is 3.54. The molecule has 50 valence electrons. The highest BCUT2D eigenvalue weighted by molar-refractivity contribution is 5.75. The summed E-state index contributed by atoms with van der Waals surface area (Å²) in [6.07, 6.45) is 5.50. The summed E-state index contributed by atoms with van der Waals surface area (Å²) in [5, 5.41) is 0. The van der Waals surface area contributed by atoms with Crippen LogP contribution in [-0.4, -0.2) is 24.4 Å². The van der Waals surface area contributed by atoms with Gasteiger partial charge in [0, 0.05) is 13.5 Å². The van der Waals surface area contributed by atoms with Gasteiger partial charge >= 0.3 is 0 Å². The maximum absolute atomic E-state index is 10.7. The van der Waals surface area contributed by atoms with E-state index < -0.39 is 0 Å². The maximum Gasteiger partial charge on any atom is 0.222 e. The van der Waals surface area contributed by atoms with E-state index in [1.807, 2.05) is 6.92 Å². The fourth-order valence-electron chi connectivity index (χ4n) is 0.495. The van der Waals surface area contributed by atoms with Crippen LogP contribution in [0.2, 0.25) is 0 Å². The van der Waals surface area contributed by atoms with Crippen LogP contribution >= 0.6 is 0 Å².